The summed E-state index contributed by atoms with van der Waals surface area (Å²) in [4.78, 5) is 13.4. The molecule has 104 valence electrons. The molecule has 1 aliphatic rings. The molecule has 1 fully saturated rings. The third-order valence-corrected chi connectivity index (χ3v) is 3.52. The Morgan fingerprint density at radius 2 is 2.11 bits per heavy atom. The number of carbonyl (C=O) groups is 1. The Bertz CT molecular complexity index is 416. The Hall–Kier alpha value is -1.39. The van der Waals surface area contributed by atoms with Crippen molar-refractivity contribution in [3.05, 3.63) is 35.4 Å². The second kappa shape index (κ2) is 6.68. The molecule has 1 aliphatic heterocycles. The van der Waals surface area contributed by atoms with Crippen LogP contribution < -0.4 is 11.1 Å². The highest BCUT2D eigenvalue weighted by Gasteiger charge is 2.18. The number of nitrogens with one attached hydrogen (secondary N) is 1. The topological polar surface area (TPSA) is 58.4 Å². The molecule has 1 amide bonds. The van der Waals surface area contributed by atoms with Crippen LogP contribution in [0.4, 0.5) is 0 Å². The van der Waals surface area contributed by atoms with Crippen LogP contribution in [0.15, 0.2) is 24.3 Å². The standard InChI is InChI=1S/C15H23N3O/c1-2-3-12-4-6-13(7-5-12)14(16)10-18-9-8-17-15(19)11-18/h4-7,14H,2-3,8-11,16H2,1H3,(H,17,19). The van der Waals surface area contributed by atoms with Gasteiger partial charge in [-0.3, -0.25) is 9.69 Å². The largest absolute Gasteiger partial charge is 0.354 e. The minimum atomic E-state index is -0.0263. The number of amides is 1. The lowest BCUT2D eigenvalue weighted by atomic mass is 10.0. The minimum absolute atomic E-state index is 0.0263. The first-order valence-electron chi connectivity index (χ1n) is 7.02. The second-order valence-electron chi connectivity index (χ2n) is 5.18. The van der Waals surface area contributed by atoms with Crippen molar-refractivity contribution in [3.8, 4) is 0 Å². The van der Waals surface area contributed by atoms with E-state index in [1.807, 2.05) is 0 Å². The van der Waals surface area contributed by atoms with Crippen molar-refractivity contribution in [1.82, 2.24) is 10.2 Å². The first kappa shape index (κ1) is 14.0. The number of nitrogens with zero attached hydrogens (tertiary/aromatic N) is 1. The van der Waals surface area contributed by atoms with Gasteiger partial charge in [0.15, 0.2) is 0 Å². The molecule has 3 N–H and O–H groups in total. The van der Waals surface area contributed by atoms with Gasteiger partial charge in [0.2, 0.25) is 5.91 Å². The van der Waals surface area contributed by atoms with Gasteiger partial charge in [-0.05, 0) is 17.5 Å². The molecule has 1 atom stereocenters. The molecule has 19 heavy (non-hydrogen) atoms. The van der Waals surface area contributed by atoms with E-state index in [0.717, 1.165) is 38.0 Å². The number of hydrogen-bond donors (Lipinski definition) is 2. The van der Waals surface area contributed by atoms with Crippen molar-refractivity contribution in [2.24, 2.45) is 5.73 Å². The number of carbonyl (C=O) groups excluding carboxylic acids is 1. The summed E-state index contributed by atoms with van der Waals surface area (Å²) in [5, 5.41) is 2.83. The summed E-state index contributed by atoms with van der Waals surface area (Å²) < 4.78 is 0. The van der Waals surface area contributed by atoms with Crippen LogP contribution in [0.5, 0.6) is 0 Å². The third-order valence-electron chi connectivity index (χ3n) is 3.52. The SMILES string of the molecule is CCCc1ccc(C(N)CN2CCNC(=O)C2)cc1. The van der Waals surface area contributed by atoms with Gasteiger partial charge in [-0.15, -0.1) is 0 Å². The number of nitrogens with two attached hydrogens (primary N) is 1. The van der Waals surface area contributed by atoms with E-state index >= 15 is 0 Å². The second-order valence-corrected chi connectivity index (χ2v) is 5.18. The van der Waals surface area contributed by atoms with Crippen LogP contribution >= 0.6 is 0 Å². The summed E-state index contributed by atoms with van der Waals surface area (Å²) in [5.41, 5.74) is 8.72. The smallest absolute Gasteiger partial charge is 0.234 e. The average Bonchev–Trinajstić information content (AvgIpc) is 2.40. The predicted molar refractivity (Wildman–Crippen MR) is 76.8 cm³/mol. The van der Waals surface area contributed by atoms with E-state index in [4.69, 9.17) is 5.73 Å². The van der Waals surface area contributed by atoms with E-state index in [2.05, 4.69) is 41.4 Å². The van der Waals surface area contributed by atoms with Crippen molar-refractivity contribution >= 4 is 5.91 Å². The summed E-state index contributed by atoms with van der Waals surface area (Å²) >= 11 is 0. The lowest BCUT2D eigenvalue weighted by molar-refractivity contribution is -0.124. The fourth-order valence-electron chi connectivity index (χ4n) is 2.45. The van der Waals surface area contributed by atoms with Crippen molar-refractivity contribution in [1.29, 1.82) is 0 Å². The van der Waals surface area contributed by atoms with E-state index in [0.29, 0.717) is 6.54 Å². The first-order valence-corrected chi connectivity index (χ1v) is 7.02. The Morgan fingerprint density at radius 1 is 1.37 bits per heavy atom. The molecule has 1 aromatic carbocycles. The van der Waals surface area contributed by atoms with Gasteiger partial charge < -0.3 is 11.1 Å². The van der Waals surface area contributed by atoms with E-state index in [1.54, 1.807) is 0 Å². The van der Waals surface area contributed by atoms with E-state index in [1.165, 1.54) is 5.56 Å². The zero-order chi connectivity index (χ0) is 13.7. The predicted octanol–water partition coefficient (Wildman–Crippen LogP) is 1.07. The Kier molecular flexibility index (Phi) is 4.93. The normalized spacial score (nSPS) is 18.1. The monoisotopic (exact) mass is 261 g/mol. The van der Waals surface area contributed by atoms with Crippen LogP contribution in [0.3, 0.4) is 0 Å². The highest BCUT2D eigenvalue weighted by atomic mass is 16.2. The van der Waals surface area contributed by atoms with Gasteiger partial charge in [-0.1, -0.05) is 37.6 Å². The highest BCUT2D eigenvalue weighted by Crippen LogP contribution is 2.14. The van der Waals surface area contributed by atoms with Gasteiger partial charge in [-0.25, -0.2) is 0 Å². The lowest BCUT2D eigenvalue weighted by Crippen LogP contribution is -2.49. The summed E-state index contributed by atoms with van der Waals surface area (Å²) in [7, 11) is 0. The molecule has 1 saturated heterocycles. The van der Waals surface area contributed by atoms with Crippen molar-refractivity contribution in [3.63, 3.8) is 0 Å². The number of hydrogen-bond acceptors (Lipinski definition) is 3. The third kappa shape index (κ3) is 4.04. The maximum atomic E-state index is 11.3. The fraction of sp³-hybridized carbons (Fsp3) is 0.533. The zero-order valence-corrected chi connectivity index (χ0v) is 11.6. The molecule has 1 heterocycles. The number of benzene rings is 1. The molecule has 4 nitrogen and oxygen atoms in total. The molecule has 4 heteroatoms. The summed E-state index contributed by atoms with van der Waals surface area (Å²) in [6, 6.07) is 8.50. The molecular formula is C15H23N3O. The molecule has 0 radical (unpaired) electrons. The molecule has 1 unspecified atom stereocenters. The molecule has 1 aromatic rings. The molecule has 0 saturated carbocycles. The molecule has 0 aliphatic carbocycles. The van der Waals surface area contributed by atoms with Crippen molar-refractivity contribution in [2.75, 3.05) is 26.2 Å². The summed E-state index contributed by atoms with van der Waals surface area (Å²) in [6.45, 7) is 4.98. The molecule has 0 aromatic heterocycles. The van der Waals surface area contributed by atoms with Crippen LogP contribution in [0.1, 0.15) is 30.5 Å². The fourth-order valence-corrected chi connectivity index (χ4v) is 2.45. The average molecular weight is 261 g/mol. The first-order chi connectivity index (χ1) is 9.19. The van der Waals surface area contributed by atoms with Crippen molar-refractivity contribution < 1.29 is 4.79 Å². The quantitative estimate of drug-likeness (QED) is 0.833. The van der Waals surface area contributed by atoms with Crippen LogP contribution in [0.25, 0.3) is 0 Å². The van der Waals surface area contributed by atoms with Gasteiger partial charge >= 0.3 is 0 Å². The molecule has 0 bridgehead atoms. The zero-order valence-electron chi connectivity index (χ0n) is 11.6. The van der Waals surface area contributed by atoms with E-state index < -0.39 is 0 Å². The lowest BCUT2D eigenvalue weighted by Gasteiger charge is -2.29. The highest BCUT2D eigenvalue weighted by molar-refractivity contribution is 5.78. The Morgan fingerprint density at radius 3 is 2.74 bits per heavy atom. The number of rotatable bonds is 5. The van der Waals surface area contributed by atoms with Gasteiger partial charge in [0.1, 0.15) is 0 Å². The summed E-state index contributed by atoms with van der Waals surface area (Å²) in [6.07, 6.45) is 2.27. The van der Waals surface area contributed by atoms with Gasteiger partial charge in [0.05, 0.1) is 6.54 Å². The van der Waals surface area contributed by atoms with E-state index in [-0.39, 0.29) is 11.9 Å². The number of piperazine rings is 1. The van der Waals surface area contributed by atoms with Crippen molar-refractivity contribution in [2.45, 2.75) is 25.8 Å². The molecule has 2 rings (SSSR count). The van der Waals surface area contributed by atoms with Crippen LogP contribution in [-0.4, -0.2) is 37.0 Å². The number of aryl methyl sites for hydroxylation is 1. The van der Waals surface area contributed by atoms with Gasteiger partial charge in [0.25, 0.3) is 0 Å². The van der Waals surface area contributed by atoms with Crippen LogP contribution in [0.2, 0.25) is 0 Å². The molecular weight excluding hydrogens is 238 g/mol. The maximum Gasteiger partial charge on any atom is 0.234 e. The van der Waals surface area contributed by atoms with Gasteiger partial charge in [-0.2, -0.15) is 0 Å². The van der Waals surface area contributed by atoms with Crippen LogP contribution in [0, 0.1) is 0 Å². The van der Waals surface area contributed by atoms with Gasteiger partial charge in [0, 0.05) is 25.7 Å². The van der Waals surface area contributed by atoms with E-state index in [9.17, 15) is 4.79 Å². The summed E-state index contributed by atoms with van der Waals surface area (Å²) in [5.74, 6) is 0.0942. The molecule has 0 spiro atoms. The maximum absolute atomic E-state index is 11.3. The minimum Gasteiger partial charge on any atom is -0.354 e. The Balaban J connectivity index is 1.91. The van der Waals surface area contributed by atoms with Crippen LogP contribution in [-0.2, 0) is 11.2 Å². The Labute approximate surface area is 115 Å².